The minimum atomic E-state index is -0.951. The van der Waals surface area contributed by atoms with Gasteiger partial charge in [0.1, 0.15) is 11.6 Å². The van der Waals surface area contributed by atoms with E-state index in [0.29, 0.717) is 0 Å². The van der Waals surface area contributed by atoms with Crippen molar-refractivity contribution in [1.29, 1.82) is 0 Å². The monoisotopic (exact) mass is 235 g/mol. The Morgan fingerprint density at radius 1 is 1.47 bits per heavy atom. The molecule has 0 aliphatic heterocycles. The van der Waals surface area contributed by atoms with E-state index in [1.807, 2.05) is 0 Å². The molecule has 1 rings (SSSR count). The molecule has 84 valence electrons. The Labute approximate surface area is 90.9 Å². The Balaban J connectivity index is 2.73. The first-order valence-corrected chi connectivity index (χ1v) is 4.63. The maximum Gasteiger partial charge on any atom is 0.145 e. The molecule has 1 atom stereocenters. The molecular weight excluding hydrogens is 225 g/mol. The average molecular weight is 236 g/mol. The zero-order valence-corrected chi connectivity index (χ0v) is 8.50. The van der Waals surface area contributed by atoms with Crippen LogP contribution < -0.4 is 5.32 Å². The minimum absolute atomic E-state index is 0.0338. The Kier molecular flexibility index (Phi) is 4.14. The predicted octanol–water partition coefficient (Wildman–Crippen LogP) is 0.950. The van der Waals surface area contributed by atoms with Gasteiger partial charge in [0, 0.05) is 12.6 Å². The molecule has 1 aromatic carbocycles. The van der Waals surface area contributed by atoms with Crippen LogP contribution in [0.15, 0.2) is 12.1 Å². The molecular formula is C9H11ClFNO3. The van der Waals surface area contributed by atoms with Gasteiger partial charge in [-0.05, 0) is 6.07 Å². The number of hydrogen-bond donors (Lipinski definition) is 4. The number of halogens is 2. The standard InChI is InChI=1S/C9H11ClFNO3/c10-6-1-8(9(15)2-7(6)11)12-3-5(14)4-13/h1-2,5,12-15H,3-4H2. The predicted molar refractivity (Wildman–Crippen MR) is 54.7 cm³/mol. The van der Waals surface area contributed by atoms with Crippen LogP contribution in [0, 0.1) is 5.82 Å². The lowest BCUT2D eigenvalue weighted by Gasteiger charge is -2.11. The van der Waals surface area contributed by atoms with Gasteiger partial charge in [0.05, 0.1) is 23.4 Å². The zero-order chi connectivity index (χ0) is 11.4. The van der Waals surface area contributed by atoms with Gasteiger partial charge < -0.3 is 20.6 Å². The Hall–Kier alpha value is -1.04. The summed E-state index contributed by atoms with van der Waals surface area (Å²) in [5, 5.41) is 29.4. The first kappa shape index (κ1) is 12.0. The molecule has 15 heavy (non-hydrogen) atoms. The van der Waals surface area contributed by atoms with E-state index in [9.17, 15) is 9.50 Å². The summed E-state index contributed by atoms with van der Waals surface area (Å²) in [5.41, 5.74) is 0.203. The fraction of sp³-hybridized carbons (Fsp3) is 0.333. The molecule has 0 saturated heterocycles. The van der Waals surface area contributed by atoms with Crippen LogP contribution in [0.25, 0.3) is 0 Å². The van der Waals surface area contributed by atoms with E-state index in [2.05, 4.69) is 5.32 Å². The van der Waals surface area contributed by atoms with E-state index in [1.165, 1.54) is 6.07 Å². The number of phenols is 1. The van der Waals surface area contributed by atoms with Gasteiger partial charge >= 0.3 is 0 Å². The van der Waals surface area contributed by atoms with Crippen LogP contribution in [0.5, 0.6) is 5.75 Å². The van der Waals surface area contributed by atoms with Gasteiger partial charge in [-0.2, -0.15) is 0 Å². The van der Waals surface area contributed by atoms with E-state index >= 15 is 0 Å². The molecule has 0 saturated carbocycles. The van der Waals surface area contributed by atoms with Crippen LogP contribution in [0.1, 0.15) is 0 Å². The maximum atomic E-state index is 12.8. The third-order valence-electron chi connectivity index (χ3n) is 1.78. The van der Waals surface area contributed by atoms with Crippen molar-refractivity contribution in [2.45, 2.75) is 6.10 Å². The van der Waals surface area contributed by atoms with Crippen LogP contribution in [-0.2, 0) is 0 Å². The van der Waals surface area contributed by atoms with E-state index in [-0.39, 0.29) is 23.0 Å². The number of nitrogens with one attached hydrogen (secondary N) is 1. The second-order valence-corrected chi connectivity index (χ2v) is 3.41. The van der Waals surface area contributed by atoms with E-state index in [4.69, 9.17) is 21.8 Å². The van der Waals surface area contributed by atoms with Gasteiger partial charge in [-0.1, -0.05) is 11.6 Å². The summed E-state index contributed by atoms with van der Waals surface area (Å²) in [6.07, 6.45) is -0.951. The fourth-order valence-electron chi connectivity index (χ4n) is 0.970. The second-order valence-electron chi connectivity index (χ2n) is 3.00. The molecule has 4 N–H and O–H groups in total. The Morgan fingerprint density at radius 2 is 2.13 bits per heavy atom. The fourth-order valence-corrected chi connectivity index (χ4v) is 1.13. The number of aliphatic hydroxyl groups is 2. The highest BCUT2D eigenvalue weighted by Crippen LogP contribution is 2.29. The molecule has 0 heterocycles. The largest absolute Gasteiger partial charge is 0.506 e. The Bertz CT molecular complexity index is 348. The van der Waals surface area contributed by atoms with Crippen LogP contribution in [0.4, 0.5) is 10.1 Å². The van der Waals surface area contributed by atoms with Crippen molar-refractivity contribution in [3.63, 3.8) is 0 Å². The third kappa shape index (κ3) is 3.23. The number of anilines is 1. The number of aliphatic hydroxyl groups excluding tert-OH is 2. The van der Waals surface area contributed by atoms with Crippen LogP contribution >= 0.6 is 11.6 Å². The molecule has 0 aliphatic carbocycles. The molecule has 0 amide bonds. The van der Waals surface area contributed by atoms with E-state index < -0.39 is 18.5 Å². The van der Waals surface area contributed by atoms with Gasteiger partial charge in [-0.3, -0.25) is 0 Å². The first-order chi connectivity index (χ1) is 7.04. The summed E-state index contributed by atoms with van der Waals surface area (Å²) in [6.45, 7) is -0.366. The molecule has 4 nitrogen and oxygen atoms in total. The van der Waals surface area contributed by atoms with Crippen molar-refractivity contribution in [2.24, 2.45) is 0 Å². The molecule has 1 aromatic rings. The Morgan fingerprint density at radius 3 is 2.73 bits per heavy atom. The number of benzene rings is 1. The second kappa shape index (κ2) is 5.16. The molecule has 0 aromatic heterocycles. The molecule has 0 bridgehead atoms. The zero-order valence-electron chi connectivity index (χ0n) is 7.74. The van der Waals surface area contributed by atoms with Gasteiger partial charge in [0.15, 0.2) is 0 Å². The maximum absolute atomic E-state index is 12.8. The topological polar surface area (TPSA) is 72.7 Å². The van der Waals surface area contributed by atoms with E-state index in [0.717, 1.165) is 6.07 Å². The molecule has 0 fully saturated rings. The lowest BCUT2D eigenvalue weighted by molar-refractivity contribution is 0.105. The summed E-state index contributed by atoms with van der Waals surface area (Å²) < 4.78 is 12.8. The summed E-state index contributed by atoms with van der Waals surface area (Å²) in [7, 11) is 0. The van der Waals surface area contributed by atoms with Crippen LogP contribution in [-0.4, -0.2) is 34.6 Å². The summed E-state index contributed by atoms with van der Waals surface area (Å²) in [6, 6.07) is 2.08. The van der Waals surface area contributed by atoms with Crippen LogP contribution in [0.2, 0.25) is 5.02 Å². The summed E-state index contributed by atoms with van der Waals surface area (Å²) in [5.74, 6) is -1.02. The van der Waals surface area contributed by atoms with Crippen molar-refractivity contribution < 1.29 is 19.7 Å². The summed E-state index contributed by atoms with van der Waals surface area (Å²) >= 11 is 5.50. The number of hydrogen-bond acceptors (Lipinski definition) is 4. The van der Waals surface area contributed by atoms with Crippen molar-refractivity contribution in [2.75, 3.05) is 18.5 Å². The third-order valence-corrected chi connectivity index (χ3v) is 2.07. The highest BCUT2D eigenvalue weighted by molar-refractivity contribution is 6.31. The number of phenolic OH excluding ortho intramolecular Hbond substituents is 1. The molecule has 0 spiro atoms. The molecule has 0 aliphatic rings. The number of aromatic hydroxyl groups is 1. The van der Waals surface area contributed by atoms with Gasteiger partial charge in [-0.15, -0.1) is 0 Å². The summed E-state index contributed by atoms with van der Waals surface area (Å²) in [4.78, 5) is 0. The van der Waals surface area contributed by atoms with Crippen molar-refractivity contribution in [1.82, 2.24) is 0 Å². The lowest BCUT2D eigenvalue weighted by Crippen LogP contribution is -2.22. The van der Waals surface area contributed by atoms with Crippen molar-refractivity contribution in [3.8, 4) is 5.75 Å². The molecule has 6 heteroatoms. The highest BCUT2D eigenvalue weighted by atomic mass is 35.5. The molecule has 1 unspecified atom stereocenters. The smallest absolute Gasteiger partial charge is 0.145 e. The minimum Gasteiger partial charge on any atom is -0.506 e. The number of rotatable bonds is 4. The van der Waals surface area contributed by atoms with Gasteiger partial charge in [-0.25, -0.2) is 4.39 Å². The van der Waals surface area contributed by atoms with E-state index in [1.54, 1.807) is 0 Å². The lowest BCUT2D eigenvalue weighted by atomic mass is 10.2. The SMILES string of the molecule is OCC(O)CNc1cc(Cl)c(F)cc1O. The van der Waals surface area contributed by atoms with Crippen molar-refractivity contribution in [3.05, 3.63) is 23.0 Å². The van der Waals surface area contributed by atoms with Gasteiger partial charge in [0.25, 0.3) is 0 Å². The first-order valence-electron chi connectivity index (χ1n) is 4.25. The quantitative estimate of drug-likeness (QED) is 0.587. The highest BCUT2D eigenvalue weighted by Gasteiger charge is 2.08. The van der Waals surface area contributed by atoms with Crippen molar-refractivity contribution >= 4 is 17.3 Å². The normalized spacial score (nSPS) is 12.5. The average Bonchev–Trinajstić information content (AvgIpc) is 2.21. The van der Waals surface area contributed by atoms with Crippen LogP contribution in [0.3, 0.4) is 0 Å². The molecule has 0 radical (unpaired) electrons. The van der Waals surface area contributed by atoms with Gasteiger partial charge in [0.2, 0.25) is 0 Å².